The summed E-state index contributed by atoms with van der Waals surface area (Å²) in [6.07, 6.45) is 6.52. The number of pyridine rings is 1. The molecule has 1 aromatic heterocycles. The molecule has 1 heterocycles. The first-order valence-corrected chi connectivity index (χ1v) is 13.3. The molecule has 0 saturated heterocycles. The Kier molecular flexibility index (Phi) is 8.56. The van der Waals surface area contributed by atoms with Crippen molar-refractivity contribution in [1.29, 1.82) is 0 Å². The Morgan fingerprint density at radius 3 is 2.34 bits per heavy atom. The number of anilines is 1. The van der Waals surface area contributed by atoms with Gasteiger partial charge in [-0.2, -0.15) is 4.31 Å². The lowest BCUT2D eigenvalue weighted by molar-refractivity contribution is -0.118. The zero-order valence-electron chi connectivity index (χ0n) is 19.0. The molecule has 1 aromatic carbocycles. The van der Waals surface area contributed by atoms with E-state index in [0.29, 0.717) is 11.6 Å². The van der Waals surface area contributed by atoms with Crippen LogP contribution >= 0.6 is 11.8 Å². The molecule has 0 aliphatic heterocycles. The van der Waals surface area contributed by atoms with Gasteiger partial charge in [0.1, 0.15) is 4.90 Å². The molecule has 7 nitrogen and oxygen atoms in total. The zero-order valence-corrected chi connectivity index (χ0v) is 20.6. The average molecular weight is 477 g/mol. The maximum atomic E-state index is 12.9. The van der Waals surface area contributed by atoms with Gasteiger partial charge in [-0.3, -0.25) is 4.79 Å². The highest BCUT2D eigenvalue weighted by molar-refractivity contribution is 7.99. The molecule has 32 heavy (non-hydrogen) atoms. The Morgan fingerprint density at radius 1 is 1.06 bits per heavy atom. The summed E-state index contributed by atoms with van der Waals surface area (Å²) in [5.74, 6) is 0.124. The van der Waals surface area contributed by atoms with Crippen molar-refractivity contribution in [3.8, 4) is 0 Å². The minimum absolute atomic E-state index is 0.0607. The highest BCUT2D eigenvalue weighted by Crippen LogP contribution is 2.27. The summed E-state index contributed by atoms with van der Waals surface area (Å²) in [6.45, 7) is 0.464. The van der Waals surface area contributed by atoms with Crippen molar-refractivity contribution in [2.24, 2.45) is 0 Å². The second kappa shape index (κ2) is 11.2. The van der Waals surface area contributed by atoms with E-state index in [1.165, 1.54) is 28.7 Å². The van der Waals surface area contributed by atoms with Crippen LogP contribution in [0, 0.1) is 0 Å². The van der Waals surface area contributed by atoms with Gasteiger partial charge in [-0.15, -0.1) is 0 Å². The lowest BCUT2D eigenvalue weighted by atomic mass is 9.96. The highest BCUT2D eigenvalue weighted by Gasteiger charge is 2.29. The summed E-state index contributed by atoms with van der Waals surface area (Å²) in [6, 6.07) is 11.3. The van der Waals surface area contributed by atoms with Crippen LogP contribution in [-0.4, -0.2) is 56.6 Å². The SMILES string of the molecule is CN(C)c1ccc(CNC(=O)CSc2ccc(S(=O)(=O)N(C)C3CCCCC3)cn2)cc1. The van der Waals surface area contributed by atoms with E-state index in [9.17, 15) is 13.2 Å². The van der Waals surface area contributed by atoms with Crippen molar-refractivity contribution in [3.05, 3.63) is 48.2 Å². The van der Waals surface area contributed by atoms with Gasteiger partial charge in [-0.1, -0.05) is 43.2 Å². The van der Waals surface area contributed by atoms with E-state index in [4.69, 9.17) is 0 Å². The largest absolute Gasteiger partial charge is 0.378 e. The molecular formula is C23H32N4O3S2. The minimum atomic E-state index is -3.56. The van der Waals surface area contributed by atoms with Crippen LogP contribution in [0.5, 0.6) is 0 Å². The Bertz CT molecular complexity index is 987. The van der Waals surface area contributed by atoms with Crippen LogP contribution in [0.15, 0.2) is 52.5 Å². The molecule has 1 aliphatic rings. The molecule has 0 radical (unpaired) electrons. The Balaban J connectivity index is 1.49. The monoisotopic (exact) mass is 476 g/mol. The van der Waals surface area contributed by atoms with Crippen molar-refractivity contribution < 1.29 is 13.2 Å². The van der Waals surface area contributed by atoms with Gasteiger partial charge in [0.05, 0.1) is 10.8 Å². The fraction of sp³-hybridized carbons (Fsp3) is 0.478. The fourth-order valence-corrected chi connectivity index (χ4v) is 5.75. The van der Waals surface area contributed by atoms with Crippen molar-refractivity contribution >= 4 is 33.4 Å². The molecular weight excluding hydrogens is 444 g/mol. The van der Waals surface area contributed by atoms with E-state index >= 15 is 0 Å². The molecule has 174 valence electrons. The second-order valence-electron chi connectivity index (χ2n) is 8.27. The number of nitrogens with one attached hydrogen (secondary N) is 1. The maximum absolute atomic E-state index is 12.9. The lowest BCUT2D eigenvalue weighted by Crippen LogP contribution is -2.38. The topological polar surface area (TPSA) is 82.6 Å². The van der Waals surface area contributed by atoms with Gasteiger partial charge in [0.25, 0.3) is 0 Å². The molecule has 3 rings (SSSR count). The molecule has 2 aromatic rings. The number of carbonyl (C=O) groups excluding carboxylic acids is 1. The van der Waals surface area contributed by atoms with Crippen LogP contribution in [0.3, 0.4) is 0 Å². The molecule has 1 N–H and O–H groups in total. The number of aromatic nitrogens is 1. The lowest BCUT2D eigenvalue weighted by Gasteiger charge is -2.30. The first-order valence-electron chi connectivity index (χ1n) is 10.9. The number of rotatable bonds is 9. The summed E-state index contributed by atoms with van der Waals surface area (Å²) in [7, 11) is 2.07. The van der Waals surface area contributed by atoms with E-state index < -0.39 is 10.0 Å². The van der Waals surface area contributed by atoms with Gasteiger partial charge >= 0.3 is 0 Å². The predicted octanol–water partition coefficient (Wildman–Crippen LogP) is 3.51. The van der Waals surface area contributed by atoms with Crippen LogP contribution in [0.25, 0.3) is 0 Å². The van der Waals surface area contributed by atoms with Crippen LogP contribution < -0.4 is 10.2 Å². The molecule has 9 heteroatoms. The third-order valence-corrected chi connectivity index (χ3v) is 8.61. The van der Waals surface area contributed by atoms with Gasteiger partial charge in [-0.25, -0.2) is 13.4 Å². The summed E-state index contributed by atoms with van der Waals surface area (Å²) in [5, 5.41) is 3.52. The van der Waals surface area contributed by atoms with Gasteiger partial charge in [0.2, 0.25) is 15.9 Å². The summed E-state index contributed by atoms with van der Waals surface area (Å²) >= 11 is 1.29. The second-order valence-corrected chi connectivity index (χ2v) is 11.3. The average Bonchev–Trinajstić information content (AvgIpc) is 2.82. The van der Waals surface area contributed by atoms with E-state index in [0.717, 1.165) is 36.9 Å². The van der Waals surface area contributed by atoms with E-state index in [1.54, 1.807) is 19.2 Å². The molecule has 1 saturated carbocycles. The number of amides is 1. The van der Waals surface area contributed by atoms with Crippen molar-refractivity contribution in [1.82, 2.24) is 14.6 Å². The quantitative estimate of drug-likeness (QED) is 0.558. The predicted molar refractivity (Wildman–Crippen MR) is 129 cm³/mol. The number of hydrogen-bond acceptors (Lipinski definition) is 6. The number of hydrogen-bond donors (Lipinski definition) is 1. The van der Waals surface area contributed by atoms with E-state index in [1.807, 2.05) is 43.3 Å². The van der Waals surface area contributed by atoms with Crippen LogP contribution in [0.2, 0.25) is 0 Å². The third kappa shape index (κ3) is 6.46. The fourth-order valence-electron chi connectivity index (χ4n) is 3.71. The smallest absolute Gasteiger partial charge is 0.244 e. The Morgan fingerprint density at radius 2 is 1.75 bits per heavy atom. The summed E-state index contributed by atoms with van der Waals surface area (Å²) in [5.41, 5.74) is 2.14. The molecule has 0 bridgehead atoms. The molecule has 0 spiro atoms. The maximum Gasteiger partial charge on any atom is 0.244 e. The van der Waals surface area contributed by atoms with Crippen molar-refractivity contribution in [3.63, 3.8) is 0 Å². The van der Waals surface area contributed by atoms with E-state index in [-0.39, 0.29) is 22.6 Å². The molecule has 1 aliphatic carbocycles. The van der Waals surface area contributed by atoms with Gasteiger partial charge in [-0.05, 0) is 42.7 Å². The van der Waals surface area contributed by atoms with Crippen LogP contribution in [0.4, 0.5) is 5.69 Å². The highest BCUT2D eigenvalue weighted by atomic mass is 32.2. The number of sulfonamides is 1. The summed E-state index contributed by atoms with van der Waals surface area (Å²) in [4.78, 5) is 18.7. The number of thioether (sulfide) groups is 1. The van der Waals surface area contributed by atoms with Crippen molar-refractivity contribution in [2.45, 2.75) is 54.6 Å². The standard InChI is InChI=1S/C23H32N4O3S2/c1-26(2)19-11-9-18(10-12-19)15-24-22(28)17-31-23-14-13-21(16-25-23)32(29,30)27(3)20-7-5-4-6-8-20/h9-14,16,20H,4-8,15,17H2,1-3H3,(H,24,28). The first-order chi connectivity index (χ1) is 15.3. The normalized spacial score (nSPS) is 15.0. The van der Waals surface area contributed by atoms with E-state index in [2.05, 4.69) is 10.3 Å². The van der Waals surface area contributed by atoms with Crippen LogP contribution in [0.1, 0.15) is 37.7 Å². The van der Waals surface area contributed by atoms with Gasteiger partial charge in [0.15, 0.2) is 0 Å². The van der Waals surface area contributed by atoms with Gasteiger partial charge < -0.3 is 10.2 Å². The zero-order chi connectivity index (χ0) is 23.1. The molecule has 1 fully saturated rings. The molecule has 0 atom stereocenters. The Labute approximate surface area is 195 Å². The molecule has 1 amide bonds. The first kappa shape index (κ1) is 24.5. The number of nitrogens with zero attached hydrogens (tertiary/aromatic N) is 3. The van der Waals surface area contributed by atoms with Crippen LogP contribution in [-0.2, 0) is 21.4 Å². The third-order valence-electron chi connectivity index (χ3n) is 5.77. The summed E-state index contributed by atoms with van der Waals surface area (Å²) < 4.78 is 27.3. The minimum Gasteiger partial charge on any atom is -0.378 e. The molecule has 0 unspecified atom stereocenters. The number of benzene rings is 1. The Hall–Kier alpha value is -2.10. The van der Waals surface area contributed by atoms with Gasteiger partial charge in [0, 0.05) is 45.6 Å². The number of carbonyl (C=O) groups is 1. The van der Waals surface area contributed by atoms with Crippen molar-refractivity contribution in [2.75, 3.05) is 31.8 Å².